The highest BCUT2D eigenvalue weighted by atomic mass is 32.2. The molecule has 124 valence electrons. The molecule has 0 bridgehead atoms. The van der Waals surface area contributed by atoms with Crippen molar-refractivity contribution in [2.24, 2.45) is 0 Å². The van der Waals surface area contributed by atoms with Gasteiger partial charge in [-0.1, -0.05) is 30.3 Å². The molecule has 4 rings (SSSR count). The molecule has 1 saturated heterocycles. The van der Waals surface area contributed by atoms with Crippen LogP contribution in [-0.2, 0) is 9.84 Å². The van der Waals surface area contributed by atoms with Crippen LogP contribution in [0.3, 0.4) is 0 Å². The van der Waals surface area contributed by atoms with Crippen molar-refractivity contribution in [2.45, 2.75) is 6.92 Å². The Hall–Kier alpha value is -1.99. The van der Waals surface area contributed by atoms with Crippen LogP contribution >= 0.6 is 11.3 Å². The number of benzene rings is 1. The van der Waals surface area contributed by atoms with E-state index in [1.54, 1.807) is 11.3 Å². The van der Waals surface area contributed by atoms with Gasteiger partial charge in [-0.15, -0.1) is 11.3 Å². The van der Waals surface area contributed by atoms with E-state index in [2.05, 4.69) is 33.1 Å². The Labute approximate surface area is 144 Å². The molecule has 0 radical (unpaired) electrons. The molecule has 1 aliphatic heterocycles. The van der Waals surface area contributed by atoms with Crippen LogP contribution in [0.4, 0.5) is 5.82 Å². The van der Waals surface area contributed by atoms with Gasteiger partial charge in [-0.3, -0.25) is 0 Å². The van der Waals surface area contributed by atoms with Crippen molar-refractivity contribution in [2.75, 3.05) is 29.5 Å². The van der Waals surface area contributed by atoms with E-state index in [0.717, 1.165) is 26.5 Å². The molecule has 0 spiro atoms. The summed E-state index contributed by atoms with van der Waals surface area (Å²) in [7, 11) is -2.91. The summed E-state index contributed by atoms with van der Waals surface area (Å²) in [5.74, 6) is 1.94. The minimum Gasteiger partial charge on any atom is -0.354 e. The van der Waals surface area contributed by atoms with Crippen LogP contribution in [0.2, 0.25) is 0 Å². The number of rotatable bonds is 2. The second-order valence-electron chi connectivity index (χ2n) is 5.93. The molecule has 3 aromatic rings. The Kier molecular flexibility index (Phi) is 3.77. The van der Waals surface area contributed by atoms with Gasteiger partial charge >= 0.3 is 0 Å². The minimum atomic E-state index is -2.91. The number of nitrogens with zero attached hydrogens (tertiary/aromatic N) is 3. The van der Waals surface area contributed by atoms with Crippen molar-refractivity contribution in [1.29, 1.82) is 0 Å². The molecular formula is C17H17N3O2S2. The fraction of sp³-hybridized carbons (Fsp3) is 0.294. The number of anilines is 1. The Morgan fingerprint density at radius 2 is 1.79 bits per heavy atom. The number of aromatic nitrogens is 2. The molecule has 0 amide bonds. The first-order valence-electron chi connectivity index (χ1n) is 7.81. The van der Waals surface area contributed by atoms with Crippen LogP contribution in [-0.4, -0.2) is 43.0 Å². The molecule has 5 nitrogen and oxygen atoms in total. The molecule has 0 aliphatic carbocycles. The molecule has 1 aliphatic rings. The maximum absolute atomic E-state index is 11.7. The van der Waals surface area contributed by atoms with E-state index in [1.165, 1.54) is 0 Å². The van der Waals surface area contributed by atoms with Gasteiger partial charge in [0, 0.05) is 18.0 Å². The average molecular weight is 359 g/mol. The van der Waals surface area contributed by atoms with E-state index in [-0.39, 0.29) is 11.5 Å². The van der Waals surface area contributed by atoms with Gasteiger partial charge in [-0.05, 0) is 18.6 Å². The third-order valence-corrected chi connectivity index (χ3v) is 6.87. The molecule has 1 fully saturated rings. The molecule has 0 N–H and O–H groups in total. The molecule has 0 saturated carbocycles. The lowest BCUT2D eigenvalue weighted by molar-refractivity contribution is 0.586. The second kappa shape index (κ2) is 5.82. The maximum Gasteiger partial charge on any atom is 0.153 e. The maximum atomic E-state index is 11.7. The Bertz CT molecular complexity index is 983. The zero-order valence-corrected chi connectivity index (χ0v) is 14.9. The largest absolute Gasteiger partial charge is 0.354 e. The normalized spacial score (nSPS) is 17.3. The quantitative estimate of drug-likeness (QED) is 0.704. The van der Waals surface area contributed by atoms with Gasteiger partial charge in [-0.2, -0.15) is 0 Å². The van der Waals surface area contributed by atoms with E-state index in [9.17, 15) is 8.42 Å². The van der Waals surface area contributed by atoms with Crippen molar-refractivity contribution in [3.8, 4) is 10.4 Å². The summed E-state index contributed by atoms with van der Waals surface area (Å²) < 4.78 is 23.4. The van der Waals surface area contributed by atoms with E-state index in [1.807, 2.05) is 25.1 Å². The molecule has 24 heavy (non-hydrogen) atoms. The fourth-order valence-electron chi connectivity index (χ4n) is 2.92. The van der Waals surface area contributed by atoms with Crippen LogP contribution < -0.4 is 4.90 Å². The molecule has 0 atom stereocenters. The topological polar surface area (TPSA) is 63.2 Å². The first kappa shape index (κ1) is 15.5. The number of sulfone groups is 1. The summed E-state index contributed by atoms with van der Waals surface area (Å²) in [6.07, 6.45) is 0. The molecular weight excluding hydrogens is 342 g/mol. The summed E-state index contributed by atoms with van der Waals surface area (Å²) in [6, 6.07) is 12.3. The molecule has 7 heteroatoms. The first-order valence-corrected chi connectivity index (χ1v) is 10.4. The SMILES string of the molecule is Cc1nc(N2CCS(=O)(=O)CC2)c2cc(-c3ccccc3)sc2n1. The Balaban J connectivity index is 1.80. The highest BCUT2D eigenvalue weighted by Gasteiger charge is 2.25. The molecule has 1 aromatic carbocycles. The van der Waals surface area contributed by atoms with E-state index in [0.29, 0.717) is 18.9 Å². The summed E-state index contributed by atoms with van der Waals surface area (Å²) in [4.78, 5) is 13.3. The third kappa shape index (κ3) is 2.89. The number of thiophene rings is 1. The number of hydrogen-bond donors (Lipinski definition) is 0. The lowest BCUT2D eigenvalue weighted by Crippen LogP contribution is -2.40. The highest BCUT2D eigenvalue weighted by molar-refractivity contribution is 7.91. The Morgan fingerprint density at radius 3 is 2.50 bits per heavy atom. The van der Waals surface area contributed by atoms with E-state index in [4.69, 9.17) is 0 Å². The van der Waals surface area contributed by atoms with Gasteiger partial charge in [0.15, 0.2) is 9.84 Å². The van der Waals surface area contributed by atoms with Gasteiger partial charge in [-0.25, -0.2) is 18.4 Å². The molecule has 2 aromatic heterocycles. The monoisotopic (exact) mass is 359 g/mol. The van der Waals surface area contributed by atoms with Crippen LogP contribution in [0.5, 0.6) is 0 Å². The lowest BCUT2D eigenvalue weighted by atomic mass is 10.2. The summed E-state index contributed by atoms with van der Waals surface area (Å²) >= 11 is 1.65. The van der Waals surface area contributed by atoms with Crippen LogP contribution in [0.25, 0.3) is 20.7 Å². The number of fused-ring (bicyclic) bond motifs is 1. The van der Waals surface area contributed by atoms with Crippen LogP contribution in [0.15, 0.2) is 36.4 Å². The zero-order valence-electron chi connectivity index (χ0n) is 13.3. The summed E-state index contributed by atoms with van der Waals surface area (Å²) in [5, 5.41) is 1.00. The minimum absolute atomic E-state index is 0.188. The second-order valence-corrected chi connectivity index (χ2v) is 9.26. The highest BCUT2D eigenvalue weighted by Crippen LogP contribution is 2.36. The standard InChI is InChI=1S/C17H17N3O2S2/c1-12-18-16(20-7-9-24(21,22)10-8-20)14-11-15(23-17(14)19-12)13-5-3-2-4-6-13/h2-6,11H,7-10H2,1H3. The van der Waals surface area contributed by atoms with Crippen molar-refractivity contribution in [3.63, 3.8) is 0 Å². The van der Waals surface area contributed by atoms with Gasteiger partial charge in [0.25, 0.3) is 0 Å². The lowest BCUT2D eigenvalue weighted by Gasteiger charge is -2.28. The van der Waals surface area contributed by atoms with Gasteiger partial charge < -0.3 is 4.90 Å². The first-order chi connectivity index (χ1) is 11.5. The van der Waals surface area contributed by atoms with Crippen molar-refractivity contribution in [1.82, 2.24) is 9.97 Å². The third-order valence-electron chi connectivity index (χ3n) is 4.19. The Morgan fingerprint density at radius 1 is 1.08 bits per heavy atom. The van der Waals surface area contributed by atoms with E-state index >= 15 is 0 Å². The predicted molar refractivity (Wildman–Crippen MR) is 98.5 cm³/mol. The van der Waals surface area contributed by atoms with Crippen molar-refractivity contribution < 1.29 is 8.42 Å². The fourth-order valence-corrected chi connectivity index (χ4v) is 5.20. The smallest absolute Gasteiger partial charge is 0.153 e. The number of aryl methyl sites for hydroxylation is 1. The molecule has 0 unspecified atom stereocenters. The van der Waals surface area contributed by atoms with Gasteiger partial charge in [0.1, 0.15) is 16.5 Å². The van der Waals surface area contributed by atoms with Crippen molar-refractivity contribution in [3.05, 3.63) is 42.2 Å². The zero-order chi connectivity index (χ0) is 16.7. The van der Waals surface area contributed by atoms with Crippen LogP contribution in [0.1, 0.15) is 5.82 Å². The molecule has 3 heterocycles. The van der Waals surface area contributed by atoms with Gasteiger partial charge in [0.05, 0.1) is 16.9 Å². The van der Waals surface area contributed by atoms with Crippen LogP contribution in [0, 0.1) is 6.92 Å². The van der Waals surface area contributed by atoms with Gasteiger partial charge in [0.2, 0.25) is 0 Å². The summed E-state index contributed by atoms with van der Waals surface area (Å²) in [5.41, 5.74) is 1.16. The predicted octanol–water partition coefficient (Wildman–Crippen LogP) is 2.90. The summed E-state index contributed by atoms with van der Waals surface area (Å²) in [6.45, 7) is 2.86. The van der Waals surface area contributed by atoms with Crippen molar-refractivity contribution >= 4 is 37.2 Å². The van der Waals surface area contributed by atoms with E-state index < -0.39 is 9.84 Å². The number of hydrogen-bond acceptors (Lipinski definition) is 6. The average Bonchev–Trinajstić information content (AvgIpc) is 2.99.